The van der Waals surface area contributed by atoms with Crippen LogP contribution in [0.15, 0.2) is 18.2 Å². The monoisotopic (exact) mass is 197 g/mol. The molecular formula is C11H16FNO. The lowest BCUT2D eigenvalue weighted by atomic mass is 10.2. The maximum absolute atomic E-state index is 12.8. The van der Waals surface area contributed by atoms with E-state index in [0.29, 0.717) is 11.8 Å². The fraction of sp³-hybridized carbons (Fsp3) is 0.455. The summed E-state index contributed by atoms with van der Waals surface area (Å²) in [5.41, 5.74) is 0.836. The Hall–Kier alpha value is -1.25. The van der Waals surface area contributed by atoms with E-state index in [1.54, 1.807) is 6.07 Å². The molecule has 1 N–H and O–H groups in total. The van der Waals surface area contributed by atoms with Gasteiger partial charge in [-0.15, -0.1) is 0 Å². The third kappa shape index (κ3) is 2.62. The van der Waals surface area contributed by atoms with Crippen molar-refractivity contribution in [2.75, 3.05) is 12.4 Å². The van der Waals surface area contributed by atoms with E-state index in [4.69, 9.17) is 4.74 Å². The Labute approximate surface area is 84.1 Å². The van der Waals surface area contributed by atoms with E-state index in [1.807, 2.05) is 0 Å². The van der Waals surface area contributed by atoms with Crippen LogP contribution in [-0.4, -0.2) is 13.2 Å². The fourth-order valence-corrected chi connectivity index (χ4v) is 1.15. The second kappa shape index (κ2) is 4.84. The molecule has 0 aliphatic rings. The van der Waals surface area contributed by atoms with Crippen molar-refractivity contribution in [3.05, 3.63) is 24.0 Å². The Balaban J connectivity index is 2.85. The van der Waals surface area contributed by atoms with E-state index < -0.39 is 0 Å². The maximum atomic E-state index is 12.8. The number of nitrogens with one attached hydrogen (secondary N) is 1. The SMILES string of the molecule is CCC(C)Nc1ccc(F)cc1OC. The molecule has 0 saturated heterocycles. The zero-order valence-electron chi connectivity index (χ0n) is 8.80. The molecule has 0 fully saturated rings. The summed E-state index contributed by atoms with van der Waals surface area (Å²) in [6, 6.07) is 4.85. The van der Waals surface area contributed by atoms with Crippen molar-refractivity contribution in [3.8, 4) is 5.75 Å². The first-order chi connectivity index (χ1) is 6.67. The molecule has 1 unspecified atom stereocenters. The predicted molar refractivity (Wildman–Crippen MR) is 56.3 cm³/mol. The van der Waals surface area contributed by atoms with Crippen molar-refractivity contribution in [1.82, 2.24) is 0 Å². The third-order valence-electron chi connectivity index (χ3n) is 2.18. The van der Waals surface area contributed by atoms with Gasteiger partial charge < -0.3 is 10.1 Å². The van der Waals surface area contributed by atoms with Crippen molar-refractivity contribution < 1.29 is 9.13 Å². The van der Waals surface area contributed by atoms with E-state index in [1.165, 1.54) is 19.2 Å². The molecule has 1 aromatic rings. The highest BCUT2D eigenvalue weighted by Crippen LogP contribution is 2.25. The van der Waals surface area contributed by atoms with Crippen LogP contribution in [0.25, 0.3) is 0 Å². The predicted octanol–water partition coefficient (Wildman–Crippen LogP) is 3.04. The molecule has 3 heteroatoms. The number of anilines is 1. The van der Waals surface area contributed by atoms with Gasteiger partial charge in [0, 0.05) is 12.1 Å². The number of ether oxygens (including phenoxy) is 1. The minimum Gasteiger partial charge on any atom is -0.494 e. The molecule has 0 saturated carbocycles. The molecule has 1 aromatic carbocycles. The number of rotatable bonds is 4. The Kier molecular flexibility index (Phi) is 3.74. The topological polar surface area (TPSA) is 21.3 Å². The smallest absolute Gasteiger partial charge is 0.144 e. The van der Waals surface area contributed by atoms with E-state index in [2.05, 4.69) is 19.2 Å². The summed E-state index contributed by atoms with van der Waals surface area (Å²) in [5.74, 6) is 0.266. The molecule has 0 bridgehead atoms. The van der Waals surface area contributed by atoms with Crippen molar-refractivity contribution >= 4 is 5.69 Å². The normalized spacial score (nSPS) is 12.3. The first-order valence-corrected chi connectivity index (χ1v) is 4.77. The lowest BCUT2D eigenvalue weighted by molar-refractivity contribution is 0.412. The quantitative estimate of drug-likeness (QED) is 0.801. The number of methoxy groups -OCH3 is 1. The number of hydrogen-bond donors (Lipinski definition) is 1. The van der Waals surface area contributed by atoms with Crippen molar-refractivity contribution in [2.24, 2.45) is 0 Å². The minimum absolute atomic E-state index is 0.281. The van der Waals surface area contributed by atoms with Gasteiger partial charge in [-0.25, -0.2) is 4.39 Å². The molecule has 0 aromatic heterocycles. The van der Waals surface area contributed by atoms with E-state index in [-0.39, 0.29) is 5.82 Å². The number of halogens is 1. The lowest BCUT2D eigenvalue weighted by Gasteiger charge is -2.15. The standard InChI is InChI=1S/C11H16FNO/c1-4-8(2)13-10-6-5-9(12)7-11(10)14-3/h5-8,13H,4H2,1-3H3. The third-order valence-corrected chi connectivity index (χ3v) is 2.18. The van der Waals surface area contributed by atoms with Crippen LogP contribution < -0.4 is 10.1 Å². The molecule has 1 rings (SSSR count). The molecule has 0 aliphatic carbocycles. The summed E-state index contributed by atoms with van der Waals surface area (Å²) in [7, 11) is 1.54. The molecular weight excluding hydrogens is 181 g/mol. The van der Waals surface area contributed by atoms with Gasteiger partial charge in [0.1, 0.15) is 11.6 Å². The molecule has 78 valence electrons. The summed E-state index contributed by atoms with van der Waals surface area (Å²) in [5, 5.41) is 3.25. The van der Waals surface area contributed by atoms with Gasteiger partial charge in [-0.3, -0.25) is 0 Å². The first-order valence-electron chi connectivity index (χ1n) is 4.77. The zero-order valence-corrected chi connectivity index (χ0v) is 8.80. The van der Waals surface area contributed by atoms with Crippen LogP contribution in [0.2, 0.25) is 0 Å². The maximum Gasteiger partial charge on any atom is 0.144 e. The van der Waals surface area contributed by atoms with Gasteiger partial charge in [-0.2, -0.15) is 0 Å². The molecule has 0 spiro atoms. The van der Waals surface area contributed by atoms with Gasteiger partial charge in [0.2, 0.25) is 0 Å². The fourth-order valence-electron chi connectivity index (χ4n) is 1.15. The summed E-state index contributed by atoms with van der Waals surface area (Å²) in [6.07, 6.45) is 1.01. The van der Waals surface area contributed by atoms with E-state index in [0.717, 1.165) is 12.1 Å². The van der Waals surface area contributed by atoms with Crippen LogP contribution >= 0.6 is 0 Å². The highest BCUT2D eigenvalue weighted by atomic mass is 19.1. The Morgan fingerprint density at radius 3 is 2.79 bits per heavy atom. The van der Waals surface area contributed by atoms with E-state index >= 15 is 0 Å². The van der Waals surface area contributed by atoms with Gasteiger partial charge in [-0.05, 0) is 25.5 Å². The van der Waals surface area contributed by atoms with Crippen LogP contribution in [0.5, 0.6) is 5.75 Å². The molecule has 1 atom stereocenters. The van der Waals surface area contributed by atoms with Crippen LogP contribution in [0, 0.1) is 5.82 Å². The van der Waals surface area contributed by atoms with Crippen molar-refractivity contribution in [3.63, 3.8) is 0 Å². The summed E-state index contributed by atoms with van der Waals surface area (Å²) in [4.78, 5) is 0. The summed E-state index contributed by atoms with van der Waals surface area (Å²) >= 11 is 0. The molecule has 0 aliphatic heterocycles. The zero-order chi connectivity index (χ0) is 10.6. The highest BCUT2D eigenvalue weighted by molar-refractivity contribution is 5.56. The average molecular weight is 197 g/mol. The van der Waals surface area contributed by atoms with Gasteiger partial charge >= 0.3 is 0 Å². The van der Waals surface area contributed by atoms with Gasteiger partial charge in [-0.1, -0.05) is 6.92 Å². The highest BCUT2D eigenvalue weighted by Gasteiger charge is 2.06. The Morgan fingerprint density at radius 1 is 1.50 bits per heavy atom. The largest absolute Gasteiger partial charge is 0.494 e. The summed E-state index contributed by atoms with van der Waals surface area (Å²) < 4.78 is 17.9. The van der Waals surface area contributed by atoms with Crippen LogP contribution in [0.4, 0.5) is 10.1 Å². The van der Waals surface area contributed by atoms with Gasteiger partial charge in [0.25, 0.3) is 0 Å². The van der Waals surface area contributed by atoms with Crippen LogP contribution in [0.3, 0.4) is 0 Å². The number of benzene rings is 1. The molecule has 0 radical (unpaired) electrons. The number of hydrogen-bond acceptors (Lipinski definition) is 2. The average Bonchev–Trinajstić information content (AvgIpc) is 2.20. The Morgan fingerprint density at radius 2 is 2.21 bits per heavy atom. The molecule has 2 nitrogen and oxygen atoms in total. The van der Waals surface area contributed by atoms with Crippen molar-refractivity contribution in [2.45, 2.75) is 26.3 Å². The van der Waals surface area contributed by atoms with Crippen molar-refractivity contribution in [1.29, 1.82) is 0 Å². The first kappa shape index (κ1) is 10.8. The molecule has 0 amide bonds. The second-order valence-corrected chi connectivity index (χ2v) is 3.30. The van der Waals surface area contributed by atoms with E-state index in [9.17, 15) is 4.39 Å². The second-order valence-electron chi connectivity index (χ2n) is 3.30. The Bertz CT molecular complexity index is 301. The lowest BCUT2D eigenvalue weighted by Crippen LogP contribution is -2.14. The minimum atomic E-state index is -0.281. The molecule has 14 heavy (non-hydrogen) atoms. The van der Waals surface area contributed by atoms with Gasteiger partial charge in [0.05, 0.1) is 12.8 Å². The van der Waals surface area contributed by atoms with Crippen LogP contribution in [-0.2, 0) is 0 Å². The summed E-state index contributed by atoms with van der Waals surface area (Å²) in [6.45, 7) is 4.16. The molecule has 0 heterocycles. The van der Waals surface area contributed by atoms with Crippen LogP contribution in [0.1, 0.15) is 20.3 Å². The van der Waals surface area contributed by atoms with Gasteiger partial charge in [0.15, 0.2) is 0 Å².